The Labute approximate surface area is 209 Å². The van der Waals surface area contributed by atoms with E-state index >= 15 is 0 Å². The van der Waals surface area contributed by atoms with Crippen LogP contribution in [0.2, 0.25) is 0 Å². The largest absolute Gasteiger partial charge is 0.440 e. The molecule has 2 heterocycles. The van der Waals surface area contributed by atoms with Gasteiger partial charge in [-0.2, -0.15) is 0 Å². The quantitative estimate of drug-likeness (QED) is 0.399. The molecule has 196 valence electrons. The van der Waals surface area contributed by atoms with Gasteiger partial charge in [0.15, 0.2) is 17.4 Å². The first-order valence-corrected chi connectivity index (χ1v) is 12.9. The average molecular weight is 541 g/mol. The fourth-order valence-electron chi connectivity index (χ4n) is 4.37. The topological polar surface area (TPSA) is 65.1 Å². The molecular formula is C25H20F5NO5S. The molecule has 6 nitrogen and oxygen atoms in total. The first-order valence-electron chi connectivity index (χ1n) is 11.2. The second kappa shape index (κ2) is 9.58. The molecule has 0 unspecified atom stereocenters. The highest BCUT2D eigenvalue weighted by atomic mass is 32.2. The zero-order valence-corrected chi connectivity index (χ0v) is 20.0. The Morgan fingerprint density at radius 2 is 1.32 bits per heavy atom. The third kappa shape index (κ3) is 4.76. The monoisotopic (exact) mass is 541 g/mol. The molecule has 0 spiro atoms. The summed E-state index contributed by atoms with van der Waals surface area (Å²) in [5, 5.41) is 0. The molecule has 0 aromatic heterocycles. The molecule has 0 saturated carbocycles. The second-order valence-electron chi connectivity index (χ2n) is 8.69. The predicted octanol–water partition coefficient (Wildman–Crippen LogP) is 4.86. The first-order chi connectivity index (χ1) is 17.6. The van der Waals surface area contributed by atoms with E-state index in [1.807, 2.05) is 4.90 Å². The predicted molar refractivity (Wildman–Crippen MR) is 120 cm³/mol. The Morgan fingerprint density at radius 1 is 0.784 bits per heavy atom. The smallest absolute Gasteiger partial charge is 0.311 e. The number of hydrogen-bond donors (Lipinski definition) is 0. The van der Waals surface area contributed by atoms with Crippen molar-refractivity contribution in [1.82, 2.24) is 4.90 Å². The van der Waals surface area contributed by atoms with Gasteiger partial charge in [0.1, 0.15) is 40.7 Å². The molecule has 5 rings (SSSR count). The van der Waals surface area contributed by atoms with Crippen molar-refractivity contribution in [3.63, 3.8) is 0 Å². The minimum atomic E-state index is -4.31. The van der Waals surface area contributed by atoms with Gasteiger partial charge in [0.05, 0.1) is 11.1 Å². The lowest BCUT2D eigenvalue weighted by molar-refractivity contribution is -0.0516. The number of ether oxygens (including phenoxy) is 3. The van der Waals surface area contributed by atoms with Gasteiger partial charge in [0.25, 0.3) is 0 Å². The van der Waals surface area contributed by atoms with E-state index in [4.69, 9.17) is 14.2 Å². The van der Waals surface area contributed by atoms with E-state index < -0.39 is 66.7 Å². The summed E-state index contributed by atoms with van der Waals surface area (Å²) in [6, 6.07) is 6.12. The van der Waals surface area contributed by atoms with Crippen molar-refractivity contribution in [2.45, 2.75) is 23.5 Å². The van der Waals surface area contributed by atoms with Crippen LogP contribution in [0.5, 0.6) is 11.5 Å². The van der Waals surface area contributed by atoms with E-state index in [1.165, 1.54) is 0 Å². The molecule has 3 aromatic rings. The minimum absolute atomic E-state index is 0.0577. The van der Waals surface area contributed by atoms with Crippen molar-refractivity contribution in [1.29, 1.82) is 0 Å². The van der Waals surface area contributed by atoms with E-state index in [1.54, 1.807) is 0 Å². The summed E-state index contributed by atoms with van der Waals surface area (Å²) >= 11 is 0. The summed E-state index contributed by atoms with van der Waals surface area (Å²) in [6.07, 6.45) is 1.94. The number of fused-ring (bicyclic) bond motifs is 1. The Hall–Kier alpha value is -3.22. The van der Waals surface area contributed by atoms with Crippen LogP contribution in [0, 0.1) is 29.1 Å². The maximum absolute atomic E-state index is 15.0. The van der Waals surface area contributed by atoms with E-state index in [9.17, 15) is 30.4 Å². The summed E-state index contributed by atoms with van der Waals surface area (Å²) in [5.74, 6) is -9.50. The average Bonchev–Trinajstić information content (AvgIpc) is 3.46. The van der Waals surface area contributed by atoms with Gasteiger partial charge in [0, 0.05) is 37.4 Å². The Morgan fingerprint density at radius 3 is 1.86 bits per heavy atom. The molecule has 0 amide bonds. The van der Waals surface area contributed by atoms with Crippen LogP contribution in [0.15, 0.2) is 53.4 Å². The van der Waals surface area contributed by atoms with Crippen LogP contribution in [0.4, 0.5) is 22.0 Å². The van der Waals surface area contributed by atoms with Crippen molar-refractivity contribution in [2.75, 3.05) is 25.8 Å². The molecule has 0 radical (unpaired) electrons. The summed E-state index contributed by atoms with van der Waals surface area (Å²) in [7, 11) is -4.31. The lowest BCUT2D eigenvalue weighted by Crippen LogP contribution is -2.39. The molecule has 1 fully saturated rings. The lowest BCUT2D eigenvalue weighted by atomic mass is 9.96. The Balaban J connectivity index is 1.53. The molecule has 3 aromatic carbocycles. The second-order valence-corrected chi connectivity index (χ2v) is 10.6. The van der Waals surface area contributed by atoms with Crippen LogP contribution >= 0.6 is 0 Å². The van der Waals surface area contributed by atoms with Gasteiger partial charge in [-0.25, -0.2) is 30.4 Å². The Bertz CT molecular complexity index is 1410. The van der Waals surface area contributed by atoms with Crippen molar-refractivity contribution in [2.24, 2.45) is 0 Å². The number of likely N-dealkylation sites (tertiary alicyclic amines) is 1. The van der Waals surface area contributed by atoms with Crippen LogP contribution in [-0.2, 0) is 20.4 Å². The molecule has 12 heteroatoms. The fraction of sp³-hybridized carbons (Fsp3) is 0.280. The third-order valence-corrected chi connectivity index (χ3v) is 7.58. The van der Waals surface area contributed by atoms with E-state index in [0.29, 0.717) is 18.2 Å². The molecule has 0 atom stereocenters. The number of sulfone groups is 1. The molecule has 0 bridgehead atoms. The van der Waals surface area contributed by atoms with Gasteiger partial charge >= 0.3 is 5.79 Å². The number of benzene rings is 3. The Kier molecular flexibility index (Phi) is 6.59. The minimum Gasteiger partial charge on any atom is -0.440 e. The summed E-state index contributed by atoms with van der Waals surface area (Å²) in [5.41, 5.74) is -1.01. The van der Waals surface area contributed by atoms with E-state index in [0.717, 1.165) is 56.3 Å². The van der Waals surface area contributed by atoms with Crippen LogP contribution in [0.3, 0.4) is 0 Å². The van der Waals surface area contributed by atoms with E-state index in [2.05, 4.69) is 0 Å². The van der Waals surface area contributed by atoms with Crippen LogP contribution in [0.1, 0.15) is 24.0 Å². The van der Waals surface area contributed by atoms with Gasteiger partial charge in [-0.3, -0.25) is 4.90 Å². The molecule has 2 aliphatic rings. The molecule has 0 N–H and O–H groups in total. The van der Waals surface area contributed by atoms with Gasteiger partial charge in [-0.1, -0.05) is 0 Å². The van der Waals surface area contributed by atoms with Gasteiger partial charge < -0.3 is 14.2 Å². The number of halogens is 5. The standard InChI is InChI=1S/C25H20F5NO5S/c26-15-3-5-17(19(28)9-15)25(18-6-4-16(27)10-20(18)29)35-22-11-21(30)24(12-23(22)36-25)37(32,33)14-34-13-31-7-1-2-8-31/h3-6,9-12H,1-2,7-8,13-14H2. The van der Waals surface area contributed by atoms with Crippen LogP contribution < -0.4 is 9.47 Å². The highest BCUT2D eigenvalue weighted by molar-refractivity contribution is 7.91. The fourth-order valence-corrected chi connectivity index (χ4v) is 5.44. The zero-order valence-electron chi connectivity index (χ0n) is 19.1. The molecule has 2 aliphatic heterocycles. The van der Waals surface area contributed by atoms with Crippen molar-refractivity contribution >= 4 is 9.84 Å². The highest BCUT2D eigenvalue weighted by Gasteiger charge is 2.50. The van der Waals surface area contributed by atoms with Crippen LogP contribution in [-0.4, -0.2) is 39.1 Å². The maximum atomic E-state index is 15.0. The van der Waals surface area contributed by atoms with Crippen molar-refractivity contribution < 1.29 is 44.6 Å². The third-order valence-electron chi connectivity index (χ3n) is 6.12. The molecule has 37 heavy (non-hydrogen) atoms. The van der Waals surface area contributed by atoms with Crippen LogP contribution in [0.25, 0.3) is 0 Å². The summed E-state index contributed by atoms with van der Waals surface area (Å²) in [4.78, 5) is 1.14. The van der Waals surface area contributed by atoms with E-state index in [-0.39, 0.29) is 18.2 Å². The number of rotatable bonds is 7. The number of nitrogens with zero attached hydrogens (tertiary/aromatic N) is 1. The maximum Gasteiger partial charge on any atom is 0.311 e. The summed E-state index contributed by atoms with van der Waals surface area (Å²) < 4.78 is 114. The molecule has 0 aliphatic carbocycles. The summed E-state index contributed by atoms with van der Waals surface area (Å²) in [6.45, 7) is 1.59. The number of hydrogen-bond acceptors (Lipinski definition) is 6. The van der Waals surface area contributed by atoms with Crippen molar-refractivity contribution in [3.05, 3.63) is 88.7 Å². The SMILES string of the molecule is O=S(=O)(COCN1CCCC1)c1cc2c(cc1F)OC(c1ccc(F)cc1F)(c1ccc(F)cc1F)O2. The van der Waals surface area contributed by atoms with Gasteiger partial charge in [-0.05, 0) is 37.1 Å². The first kappa shape index (κ1) is 25.4. The normalized spacial score (nSPS) is 16.9. The lowest BCUT2D eigenvalue weighted by Gasteiger charge is -2.29. The molecular weight excluding hydrogens is 521 g/mol. The zero-order chi connectivity index (χ0) is 26.4. The van der Waals surface area contributed by atoms with Crippen molar-refractivity contribution in [3.8, 4) is 11.5 Å². The van der Waals surface area contributed by atoms with Gasteiger partial charge in [0.2, 0.25) is 9.84 Å². The molecule has 1 saturated heterocycles. The van der Waals surface area contributed by atoms with Gasteiger partial charge in [-0.15, -0.1) is 0 Å². The highest BCUT2D eigenvalue weighted by Crippen LogP contribution is 2.50.